The van der Waals surface area contributed by atoms with E-state index in [1.165, 1.54) is 17.5 Å². The summed E-state index contributed by atoms with van der Waals surface area (Å²) in [4.78, 5) is 37.6. The van der Waals surface area contributed by atoms with Crippen molar-refractivity contribution in [2.24, 2.45) is 5.92 Å². The Hall–Kier alpha value is -2.37. The summed E-state index contributed by atoms with van der Waals surface area (Å²) in [5, 5.41) is 2.86. The summed E-state index contributed by atoms with van der Waals surface area (Å²) in [7, 11) is 0. The topological polar surface area (TPSA) is 75.7 Å². The molecule has 0 radical (unpaired) electrons. The van der Waals surface area contributed by atoms with Gasteiger partial charge in [-0.1, -0.05) is 18.2 Å². The smallest absolute Gasteiger partial charge is 0.306 e. The Morgan fingerprint density at radius 2 is 2.08 bits per heavy atom. The van der Waals surface area contributed by atoms with Crippen LogP contribution in [-0.4, -0.2) is 48.4 Å². The fourth-order valence-electron chi connectivity index (χ4n) is 4.04. The predicted molar refractivity (Wildman–Crippen MR) is 94.4 cm³/mol. The molecule has 1 N–H and O–H groups in total. The third-order valence-corrected chi connectivity index (χ3v) is 5.72. The number of cyclic esters (lactones) is 1. The molecule has 2 atom stereocenters. The van der Waals surface area contributed by atoms with E-state index < -0.39 is 5.92 Å². The highest BCUT2D eigenvalue weighted by Crippen LogP contribution is 2.24. The van der Waals surface area contributed by atoms with Gasteiger partial charge in [-0.3, -0.25) is 14.4 Å². The molecule has 2 fully saturated rings. The highest BCUT2D eigenvalue weighted by Gasteiger charge is 2.34. The number of aryl methyl sites for hydroxylation is 2. The normalized spacial score (nSPS) is 24.0. The van der Waals surface area contributed by atoms with Crippen LogP contribution in [0.2, 0.25) is 0 Å². The molecule has 6 nitrogen and oxygen atoms in total. The standard InChI is InChI=1S/C20H24N2O4/c23-18(9-13-4-5-14-2-1-3-15(14)8-13)22-7-6-17(22)11-21-20(25)16-10-19(24)26-12-16/h4-5,8,16-17H,1-3,6-7,9-12H2,(H,21,25). The minimum atomic E-state index is -0.391. The highest BCUT2D eigenvalue weighted by molar-refractivity contribution is 5.86. The second kappa shape index (κ2) is 7.09. The Morgan fingerprint density at radius 3 is 2.81 bits per heavy atom. The van der Waals surface area contributed by atoms with Gasteiger partial charge in [-0.15, -0.1) is 0 Å². The van der Waals surface area contributed by atoms with Crippen LogP contribution in [0, 0.1) is 5.92 Å². The van der Waals surface area contributed by atoms with Crippen LogP contribution in [-0.2, 0) is 38.4 Å². The van der Waals surface area contributed by atoms with Gasteiger partial charge in [0.15, 0.2) is 0 Å². The van der Waals surface area contributed by atoms with Gasteiger partial charge in [0.05, 0.1) is 24.8 Å². The minimum Gasteiger partial charge on any atom is -0.465 e. The molecule has 1 aromatic carbocycles. The minimum absolute atomic E-state index is 0.0545. The molecule has 2 unspecified atom stereocenters. The molecule has 0 saturated carbocycles. The van der Waals surface area contributed by atoms with Gasteiger partial charge in [0, 0.05) is 13.1 Å². The largest absolute Gasteiger partial charge is 0.465 e. The summed E-state index contributed by atoms with van der Waals surface area (Å²) in [5.41, 5.74) is 3.88. The zero-order valence-electron chi connectivity index (χ0n) is 14.8. The molecule has 2 aliphatic heterocycles. The first-order valence-electron chi connectivity index (χ1n) is 9.43. The summed E-state index contributed by atoms with van der Waals surface area (Å²) >= 11 is 0. The van der Waals surface area contributed by atoms with Crippen LogP contribution in [0.3, 0.4) is 0 Å². The van der Waals surface area contributed by atoms with E-state index in [0.717, 1.165) is 31.4 Å². The second-order valence-corrected chi connectivity index (χ2v) is 7.49. The Labute approximate surface area is 152 Å². The maximum Gasteiger partial charge on any atom is 0.306 e. The average molecular weight is 356 g/mol. The lowest BCUT2D eigenvalue weighted by molar-refractivity contribution is -0.139. The number of esters is 1. The number of carbonyl (C=O) groups excluding carboxylic acids is 3. The summed E-state index contributed by atoms with van der Waals surface area (Å²) in [6, 6.07) is 6.45. The number of fused-ring (bicyclic) bond motifs is 1. The molecule has 2 saturated heterocycles. The maximum atomic E-state index is 12.6. The quantitative estimate of drug-likeness (QED) is 0.799. The van der Waals surface area contributed by atoms with Gasteiger partial charge in [0.25, 0.3) is 0 Å². The van der Waals surface area contributed by atoms with E-state index in [1.54, 1.807) is 0 Å². The number of nitrogens with one attached hydrogen (secondary N) is 1. The third-order valence-electron chi connectivity index (χ3n) is 5.72. The Balaban J connectivity index is 1.27. The van der Waals surface area contributed by atoms with Gasteiger partial charge < -0.3 is 15.0 Å². The molecule has 2 amide bonds. The highest BCUT2D eigenvalue weighted by atomic mass is 16.5. The molecule has 0 aromatic heterocycles. The Kier molecular flexibility index (Phi) is 4.66. The fraction of sp³-hybridized carbons (Fsp3) is 0.550. The number of carbonyl (C=O) groups is 3. The first-order valence-corrected chi connectivity index (χ1v) is 9.43. The molecule has 3 aliphatic rings. The van der Waals surface area contributed by atoms with E-state index in [2.05, 4.69) is 23.5 Å². The van der Waals surface area contributed by atoms with Crippen LogP contribution in [0.15, 0.2) is 18.2 Å². The molecule has 138 valence electrons. The van der Waals surface area contributed by atoms with Crippen molar-refractivity contribution in [1.29, 1.82) is 0 Å². The summed E-state index contributed by atoms with van der Waals surface area (Å²) < 4.78 is 4.83. The van der Waals surface area contributed by atoms with Gasteiger partial charge in [-0.25, -0.2) is 0 Å². The van der Waals surface area contributed by atoms with E-state index in [9.17, 15) is 14.4 Å². The van der Waals surface area contributed by atoms with Crippen LogP contribution in [0.25, 0.3) is 0 Å². The van der Waals surface area contributed by atoms with Crippen molar-refractivity contribution < 1.29 is 19.1 Å². The molecule has 6 heteroatoms. The number of nitrogens with zero attached hydrogens (tertiary/aromatic N) is 1. The van der Waals surface area contributed by atoms with Crippen LogP contribution in [0.4, 0.5) is 0 Å². The molecule has 26 heavy (non-hydrogen) atoms. The van der Waals surface area contributed by atoms with Gasteiger partial charge in [-0.05, 0) is 42.4 Å². The van der Waals surface area contributed by atoms with E-state index >= 15 is 0 Å². The van der Waals surface area contributed by atoms with Crippen molar-refractivity contribution in [1.82, 2.24) is 10.2 Å². The Morgan fingerprint density at radius 1 is 1.23 bits per heavy atom. The van der Waals surface area contributed by atoms with Crippen LogP contribution >= 0.6 is 0 Å². The van der Waals surface area contributed by atoms with E-state index in [-0.39, 0.29) is 36.9 Å². The first kappa shape index (κ1) is 17.1. The number of hydrogen-bond acceptors (Lipinski definition) is 4. The van der Waals surface area contributed by atoms with Crippen molar-refractivity contribution in [3.05, 3.63) is 34.9 Å². The predicted octanol–water partition coefficient (Wildman–Crippen LogP) is 0.998. The van der Waals surface area contributed by atoms with Crippen molar-refractivity contribution >= 4 is 17.8 Å². The average Bonchev–Trinajstić information content (AvgIpc) is 3.22. The lowest BCUT2D eigenvalue weighted by Crippen LogP contribution is -2.56. The lowest BCUT2D eigenvalue weighted by Gasteiger charge is -2.41. The maximum absolute atomic E-state index is 12.6. The second-order valence-electron chi connectivity index (χ2n) is 7.49. The zero-order valence-corrected chi connectivity index (χ0v) is 14.8. The molecule has 0 bridgehead atoms. The van der Waals surface area contributed by atoms with Crippen LogP contribution < -0.4 is 5.32 Å². The summed E-state index contributed by atoms with van der Waals surface area (Å²) in [6.45, 7) is 1.35. The molecule has 2 heterocycles. The molecule has 1 aromatic rings. The monoisotopic (exact) mass is 356 g/mol. The van der Waals surface area contributed by atoms with E-state index in [1.807, 2.05) is 4.90 Å². The first-order chi connectivity index (χ1) is 12.6. The molecular weight excluding hydrogens is 332 g/mol. The van der Waals surface area contributed by atoms with Crippen molar-refractivity contribution in [2.45, 2.75) is 44.6 Å². The number of ether oxygens (including phenoxy) is 1. The van der Waals surface area contributed by atoms with Crippen LogP contribution in [0.5, 0.6) is 0 Å². The van der Waals surface area contributed by atoms with Crippen LogP contribution in [0.1, 0.15) is 36.0 Å². The van der Waals surface area contributed by atoms with Gasteiger partial charge in [0.2, 0.25) is 11.8 Å². The van der Waals surface area contributed by atoms with E-state index in [4.69, 9.17) is 4.74 Å². The zero-order chi connectivity index (χ0) is 18.1. The fourth-order valence-corrected chi connectivity index (χ4v) is 4.04. The van der Waals surface area contributed by atoms with Gasteiger partial charge in [0.1, 0.15) is 6.61 Å². The molecule has 1 aliphatic carbocycles. The van der Waals surface area contributed by atoms with Gasteiger partial charge in [-0.2, -0.15) is 0 Å². The third kappa shape index (κ3) is 3.45. The summed E-state index contributed by atoms with van der Waals surface area (Å²) in [5.74, 6) is -0.750. The van der Waals surface area contributed by atoms with Crippen molar-refractivity contribution in [2.75, 3.05) is 19.7 Å². The molecule has 4 rings (SSSR count). The van der Waals surface area contributed by atoms with Crippen molar-refractivity contribution in [3.63, 3.8) is 0 Å². The molecular formula is C20H24N2O4. The van der Waals surface area contributed by atoms with Crippen molar-refractivity contribution in [3.8, 4) is 0 Å². The van der Waals surface area contributed by atoms with Gasteiger partial charge >= 0.3 is 5.97 Å². The number of benzene rings is 1. The number of amides is 2. The summed E-state index contributed by atoms with van der Waals surface area (Å²) in [6.07, 6.45) is 4.94. The van der Waals surface area contributed by atoms with E-state index in [0.29, 0.717) is 13.0 Å². The molecule has 0 spiro atoms. The number of hydrogen-bond donors (Lipinski definition) is 1. The lowest BCUT2D eigenvalue weighted by atomic mass is 9.99. The number of likely N-dealkylation sites (tertiary alicyclic amines) is 1. The number of rotatable bonds is 5. The SMILES string of the molecule is O=C1CC(C(=O)NCC2CCN2C(=O)Cc2ccc3c(c2)CCC3)CO1. The Bertz CT molecular complexity index is 745.